The van der Waals surface area contributed by atoms with Crippen molar-refractivity contribution in [3.63, 3.8) is 0 Å². The third-order valence-corrected chi connectivity index (χ3v) is 9.41. The van der Waals surface area contributed by atoms with Crippen LogP contribution in [-0.2, 0) is 30.9 Å². The van der Waals surface area contributed by atoms with Gasteiger partial charge in [-0.1, -0.05) is 112 Å². The molecule has 1 aliphatic heterocycles. The second-order valence-corrected chi connectivity index (χ2v) is 16.7. The molecule has 0 N–H and O–H groups in total. The highest BCUT2D eigenvalue weighted by atomic mass is 28.2. The number of carbonyl (C=O) groups is 2. The first kappa shape index (κ1) is 34.4. The molecular weight excluding hydrogens is 581 g/mol. The van der Waals surface area contributed by atoms with Gasteiger partial charge in [-0.25, -0.2) is 4.79 Å². The average Bonchev–Trinajstić information content (AvgIpc) is 3.00. The Morgan fingerprint density at radius 2 is 1.38 bits per heavy atom. The van der Waals surface area contributed by atoms with Gasteiger partial charge >= 0.3 is 6.09 Å². The molecule has 1 saturated heterocycles. The Bertz CT molecular complexity index is 1330. The van der Waals surface area contributed by atoms with Crippen LogP contribution in [0.4, 0.5) is 4.79 Å². The van der Waals surface area contributed by atoms with E-state index in [9.17, 15) is 9.59 Å². The van der Waals surface area contributed by atoms with E-state index in [2.05, 4.69) is 57.2 Å². The molecule has 4 rings (SSSR count). The van der Waals surface area contributed by atoms with Gasteiger partial charge in [-0.05, 0) is 55.8 Å². The van der Waals surface area contributed by atoms with Gasteiger partial charge in [0.05, 0.1) is 12.6 Å². The van der Waals surface area contributed by atoms with Gasteiger partial charge in [-0.2, -0.15) is 0 Å². The maximum atomic E-state index is 14.4. The molecule has 242 valence electrons. The maximum Gasteiger partial charge on any atom is 0.411 e. The summed E-state index contributed by atoms with van der Waals surface area (Å²) >= 11 is 0. The molecule has 0 aromatic heterocycles. The molecule has 0 saturated carbocycles. The maximum absolute atomic E-state index is 14.4. The minimum absolute atomic E-state index is 0.00409. The van der Waals surface area contributed by atoms with E-state index in [0.717, 1.165) is 16.7 Å². The van der Waals surface area contributed by atoms with E-state index in [1.807, 2.05) is 80.3 Å². The van der Waals surface area contributed by atoms with E-state index in [1.54, 1.807) is 11.8 Å². The molecule has 3 aromatic rings. The van der Waals surface area contributed by atoms with Gasteiger partial charge in [-0.15, -0.1) is 0 Å². The minimum Gasteiger partial charge on any atom is -0.444 e. The van der Waals surface area contributed by atoms with Gasteiger partial charge in [0.25, 0.3) is 0 Å². The van der Waals surface area contributed by atoms with Crippen molar-refractivity contribution in [1.29, 1.82) is 0 Å². The van der Waals surface area contributed by atoms with E-state index in [1.165, 1.54) is 0 Å². The third kappa shape index (κ3) is 8.84. The quantitative estimate of drug-likeness (QED) is 0.174. The fourth-order valence-electron chi connectivity index (χ4n) is 5.83. The van der Waals surface area contributed by atoms with Crippen molar-refractivity contribution in [2.45, 2.75) is 89.8 Å². The Labute approximate surface area is 271 Å². The summed E-state index contributed by atoms with van der Waals surface area (Å²) in [6, 6.07) is 29.6. The summed E-state index contributed by atoms with van der Waals surface area (Å²) in [5.74, 6) is -0.127. The zero-order valence-corrected chi connectivity index (χ0v) is 29.4. The number of rotatable bonds is 11. The minimum atomic E-state index is -1.13. The molecule has 0 radical (unpaired) electrons. The highest BCUT2D eigenvalue weighted by molar-refractivity contribution is 6.32. The lowest BCUT2D eigenvalue weighted by atomic mass is 9.77. The van der Waals surface area contributed by atoms with Crippen LogP contribution in [0, 0.1) is 0 Å². The SMILES string of the molecule is C[C@H]1C(=O)N([C@@H](CCOCc2ccccc2)C(O[SiH2]C(C)(C)C)(c2ccccc2)c2ccccc2)CCN1C(=O)OC(C)(C)C. The molecule has 3 aromatic carbocycles. The monoisotopic (exact) mass is 630 g/mol. The molecule has 1 fully saturated rings. The van der Waals surface area contributed by atoms with Crippen molar-refractivity contribution in [3.8, 4) is 0 Å². The number of carbonyl (C=O) groups excluding carboxylic acids is 2. The molecule has 1 aliphatic rings. The molecule has 7 nitrogen and oxygen atoms in total. The largest absolute Gasteiger partial charge is 0.444 e. The first-order chi connectivity index (χ1) is 21.3. The highest BCUT2D eigenvalue weighted by Gasteiger charge is 2.50. The molecule has 45 heavy (non-hydrogen) atoms. The van der Waals surface area contributed by atoms with E-state index in [4.69, 9.17) is 13.9 Å². The summed E-state index contributed by atoms with van der Waals surface area (Å²) in [5, 5.41) is -0.00409. The van der Waals surface area contributed by atoms with Crippen LogP contribution >= 0.6 is 0 Å². The molecule has 0 bridgehead atoms. The van der Waals surface area contributed by atoms with E-state index < -0.39 is 39.1 Å². The second kappa shape index (κ2) is 14.8. The number of amides is 2. The summed E-state index contributed by atoms with van der Waals surface area (Å²) in [6.45, 7) is 15.6. The number of hydrogen-bond acceptors (Lipinski definition) is 5. The van der Waals surface area contributed by atoms with Gasteiger partial charge in [0, 0.05) is 19.7 Å². The van der Waals surface area contributed by atoms with Crippen molar-refractivity contribution in [2.24, 2.45) is 0 Å². The number of hydrogen-bond donors (Lipinski definition) is 0. The van der Waals surface area contributed by atoms with Crippen molar-refractivity contribution in [2.75, 3.05) is 19.7 Å². The third-order valence-electron chi connectivity index (χ3n) is 7.95. The topological polar surface area (TPSA) is 68.3 Å². The van der Waals surface area contributed by atoms with Gasteiger partial charge < -0.3 is 18.8 Å². The Morgan fingerprint density at radius 3 is 1.89 bits per heavy atom. The predicted molar refractivity (Wildman–Crippen MR) is 182 cm³/mol. The molecule has 0 aliphatic carbocycles. The van der Waals surface area contributed by atoms with Crippen LogP contribution in [0.5, 0.6) is 0 Å². The van der Waals surface area contributed by atoms with Crippen LogP contribution in [0.2, 0.25) is 5.04 Å². The van der Waals surface area contributed by atoms with E-state index in [0.29, 0.717) is 32.7 Å². The van der Waals surface area contributed by atoms with Crippen molar-refractivity contribution in [3.05, 3.63) is 108 Å². The molecule has 0 unspecified atom stereocenters. The van der Waals surface area contributed by atoms with Gasteiger partial charge in [0.15, 0.2) is 9.76 Å². The second-order valence-electron chi connectivity index (χ2n) is 14.0. The van der Waals surface area contributed by atoms with Crippen molar-refractivity contribution < 1.29 is 23.5 Å². The van der Waals surface area contributed by atoms with Crippen LogP contribution in [0.1, 0.15) is 71.6 Å². The Morgan fingerprint density at radius 1 is 0.844 bits per heavy atom. The lowest BCUT2D eigenvalue weighted by Gasteiger charge is -2.51. The molecule has 2 amide bonds. The van der Waals surface area contributed by atoms with E-state index >= 15 is 0 Å². The Balaban J connectivity index is 1.78. The lowest BCUT2D eigenvalue weighted by molar-refractivity contribution is -0.150. The van der Waals surface area contributed by atoms with Gasteiger partial charge in [0.1, 0.15) is 17.2 Å². The van der Waals surface area contributed by atoms with Gasteiger partial charge in [-0.3, -0.25) is 9.69 Å². The molecule has 1 heterocycles. The van der Waals surface area contributed by atoms with Crippen molar-refractivity contribution >= 4 is 21.8 Å². The number of benzene rings is 3. The lowest BCUT2D eigenvalue weighted by Crippen LogP contribution is -2.65. The van der Waals surface area contributed by atoms with Crippen LogP contribution in [-0.4, -0.2) is 68.9 Å². The molecule has 0 spiro atoms. The van der Waals surface area contributed by atoms with Crippen molar-refractivity contribution in [1.82, 2.24) is 9.80 Å². The Kier molecular flexibility index (Phi) is 11.3. The summed E-state index contributed by atoms with van der Waals surface area (Å²) in [5.41, 5.74) is 1.49. The number of ether oxygens (including phenoxy) is 2. The van der Waals surface area contributed by atoms with Crippen LogP contribution in [0.3, 0.4) is 0 Å². The molecule has 2 atom stereocenters. The normalized spacial score (nSPS) is 17.1. The predicted octanol–water partition coefficient (Wildman–Crippen LogP) is 6.69. The fraction of sp³-hybridized carbons (Fsp3) is 0.459. The number of nitrogens with zero attached hydrogens (tertiary/aromatic N) is 2. The first-order valence-corrected chi connectivity index (χ1v) is 17.3. The van der Waals surface area contributed by atoms with Gasteiger partial charge in [0.2, 0.25) is 5.91 Å². The zero-order valence-electron chi connectivity index (χ0n) is 28.0. The van der Waals surface area contributed by atoms with Crippen LogP contribution in [0.15, 0.2) is 91.0 Å². The molecule has 8 heteroatoms. The zero-order chi connectivity index (χ0) is 32.7. The molecular formula is C37H50N2O5Si. The smallest absolute Gasteiger partial charge is 0.411 e. The van der Waals surface area contributed by atoms with E-state index in [-0.39, 0.29) is 10.9 Å². The first-order valence-electron chi connectivity index (χ1n) is 16.0. The summed E-state index contributed by atoms with van der Waals surface area (Å²) in [4.78, 5) is 31.0. The average molecular weight is 631 g/mol. The van der Waals surface area contributed by atoms with Crippen LogP contribution < -0.4 is 0 Å². The highest BCUT2D eigenvalue weighted by Crippen LogP contribution is 2.43. The summed E-state index contributed by atoms with van der Waals surface area (Å²) in [7, 11) is -1.13. The summed E-state index contributed by atoms with van der Waals surface area (Å²) in [6.07, 6.45) is 0.0691. The number of piperazine rings is 1. The summed E-state index contributed by atoms with van der Waals surface area (Å²) < 4.78 is 19.2. The Hall–Kier alpha value is -3.46. The fourth-order valence-corrected chi connectivity index (χ4v) is 7.01. The standard InChI is InChI=1S/C37H50N2O5Si/c1-28-33(40)39(25-24-38(28)34(41)43-35(2,3)4)32(23-26-42-27-29-17-11-8-12-18-29)37(44-45-36(5,6)7,30-19-13-9-14-20-30)31-21-15-10-16-22-31/h8-22,28,32H,23-27,45H2,1-7H3/t28-,32-/m0/s1. The van der Waals surface area contributed by atoms with Crippen LogP contribution in [0.25, 0.3) is 0 Å².